The molecule has 7 nitrogen and oxygen atoms in total. The third-order valence-electron chi connectivity index (χ3n) is 7.30. The fourth-order valence-electron chi connectivity index (χ4n) is 5.30. The third kappa shape index (κ3) is 4.34. The number of anilines is 1. The summed E-state index contributed by atoms with van der Waals surface area (Å²) < 4.78 is 0. The van der Waals surface area contributed by atoms with Gasteiger partial charge in [-0.25, -0.2) is 9.97 Å². The van der Waals surface area contributed by atoms with Crippen LogP contribution in [-0.4, -0.2) is 51.9 Å². The van der Waals surface area contributed by atoms with E-state index in [0.29, 0.717) is 12.2 Å². The fourth-order valence-corrected chi connectivity index (χ4v) is 6.23. The molecule has 1 saturated heterocycles. The molecule has 0 unspecified atom stereocenters. The largest absolute Gasteiger partial charge is 0.356 e. The van der Waals surface area contributed by atoms with Crippen LogP contribution in [0.25, 0.3) is 10.9 Å². The maximum absolute atomic E-state index is 13.2. The predicted molar refractivity (Wildman–Crippen MR) is 138 cm³/mol. The normalized spacial score (nSPS) is 16.8. The zero-order valence-electron chi connectivity index (χ0n) is 19.4. The van der Waals surface area contributed by atoms with Gasteiger partial charge in [0.2, 0.25) is 0 Å². The van der Waals surface area contributed by atoms with Crippen LogP contribution in [-0.2, 0) is 12.8 Å². The number of H-pyrrole nitrogens is 1. The van der Waals surface area contributed by atoms with E-state index in [1.165, 1.54) is 16.8 Å². The number of rotatable bonds is 3. The summed E-state index contributed by atoms with van der Waals surface area (Å²) >= 11 is 1.78. The number of hydrogen-bond acceptors (Lipinski definition) is 6. The van der Waals surface area contributed by atoms with Gasteiger partial charge in [0, 0.05) is 48.2 Å². The maximum Gasteiger partial charge on any atom is 0.272 e. The Labute approximate surface area is 207 Å². The molecule has 2 aliphatic heterocycles. The summed E-state index contributed by atoms with van der Waals surface area (Å²) in [5, 5.41) is 3.20. The van der Waals surface area contributed by atoms with Crippen LogP contribution < -0.4 is 10.5 Å². The van der Waals surface area contributed by atoms with E-state index in [9.17, 15) is 9.59 Å². The van der Waals surface area contributed by atoms with E-state index in [-0.39, 0.29) is 17.4 Å². The Hall–Kier alpha value is -3.52. The van der Waals surface area contributed by atoms with E-state index in [0.717, 1.165) is 67.6 Å². The molecule has 3 aromatic heterocycles. The van der Waals surface area contributed by atoms with Crippen molar-refractivity contribution in [2.24, 2.45) is 0 Å². The number of amides is 1. The van der Waals surface area contributed by atoms with Crippen LogP contribution in [0.5, 0.6) is 0 Å². The number of aromatic amines is 1. The van der Waals surface area contributed by atoms with Gasteiger partial charge in [0.05, 0.1) is 0 Å². The minimum atomic E-state index is -0.0265. The second-order valence-corrected chi connectivity index (χ2v) is 10.3. The van der Waals surface area contributed by atoms with Crippen molar-refractivity contribution in [3.05, 3.63) is 86.2 Å². The highest BCUT2D eigenvalue weighted by Gasteiger charge is 2.26. The number of nitrogens with zero attached hydrogens (tertiary/aromatic N) is 4. The van der Waals surface area contributed by atoms with Crippen LogP contribution in [0.3, 0.4) is 0 Å². The summed E-state index contributed by atoms with van der Waals surface area (Å²) in [5.74, 6) is 0.963. The quantitative estimate of drug-likeness (QED) is 0.474. The highest BCUT2D eigenvalue weighted by atomic mass is 32.1. The van der Waals surface area contributed by atoms with E-state index >= 15 is 0 Å². The number of piperidine rings is 1. The van der Waals surface area contributed by atoms with Gasteiger partial charge in [-0.2, -0.15) is 0 Å². The van der Waals surface area contributed by atoms with Gasteiger partial charge in [-0.1, -0.05) is 18.2 Å². The van der Waals surface area contributed by atoms with Crippen molar-refractivity contribution in [2.45, 2.75) is 31.6 Å². The Kier molecular flexibility index (Phi) is 5.82. The first-order chi connectivity index (χ1) is 17.2. The van der Waals surface area contributed by atoms with Crippen molar-refractivity contribution in [1.29, 1.82) is 0 Å². The SMILES string of the molecule is O=C(c1cc(N2CCC(c3cc4ccccc4[nH]c3=O)CC2)ncn1)N1CCc2ccsc2CC1. The zero-order valence-corrected chi connectivity index (χ0v) is 20.3. The van der Waals surface area contributed by atoms with Crippen molar-refractivity contribution in [1.82, 2.24) is 19.9 Å². The average molecular weight is 486 g/mol. The Balaban J connectivity index is 1.14. The molecule has 178 valence electrons. The Bertz CT molecular complexity index is 1410. The van der Waals surface area contributed by atoms with Gasteiger partial charge >= 0.3 is 0 Å². The topological polar surface area (TPSA) is 82.2 Å². The molecule has 1 amide bonds. The monoisotopic (exact) mass is 485 g/mol. The highest BCUT2D eigenvalue weighted by molar-refractivity contribution is 7.10. The first-order valence-electron chi connectivity index (χ1n) is 12.2. The number of para-hydroxylation sites is 1. The van der Waals surface area contributed by atoms with E-state index < -0.39 is 0 Å². The van der Waals surface area contributed by atoms with Crippen molar-refractivity contribution >= 4 is 34.0 Å². The summed E-state index contributed by atoms with van der Waals surface area (Å²) in [4.78, 5) is 43.2. The second kappa shape index (κ2) is 9.26. The highest BCUT2D eigenvalue weighted by Crippen LogP contribution is 2.29. The standard InChI is InChI=1S/C27H27N5O2S/c33-26-21(15-20-3-1-2-4-22(20)30-26)18-5-10-31(11-6-18)25-16-23(28-17-29-25)27(34)32-12-7-19-9-14-35-24(19)8-13-32/h1-4,9,14-18H,5-8,10-13H2,(H,30,33). The van der Waals surface area contributed by atoms with Gasteiger partial charge in [0.25, 0.3) is 11.5 Å². The number of fused-ring (bicyclic) bond motifs is 2. The lowest BCUT2D eigenvalue weighted by atomic mass is 9.89. The van der Waals surface area contributed by atoms with Crippen molar-refractivity contribution in [3.63, 3.8) is 0 Å². The molecule has 0 radical (unpaired) electrons. The van der Waals surface area contributed by atoms with Crippen LogP contribution in [0.2, 0.25) is 0 Å². The number of pyridine rings is 1. The van der Waals surface area contributed by atoms with E-state index in [4.69, 9.17) is 0 Å². The average Bonchev–Trinajstić information content (AvgIpc) is 3.26. The van der Waals surface area contributed by atoms with Crippen LogP contribution in [0.15, 0.2) is 59.0 Å². The van der Waals surface area contributed by atoms with E-state index in [2.05, 4.69) is 31.3 Å². The molecule has 0 spiro atoms. The molecule has 35 heavy (non-hydrogen) atoms. The lowest BCUT2D eigenvalue weighted by Crippen LogP contribution is -2.36. The molecular weight excluding hydrogens is 458 g/mol. The van der Waals surface area contributed by atoms with Crippen LogP contribution in [0.4, 0.5) is 5.82 Å². The molecule has 2 aliphatic rings. The smallest absolute Gasteiger partial charge is 0.272 e. The van der Waals surface area contributed by atoms with Gasteiger partial charge < -0.3 is 14.8 Å². The molecule has 4 aromatic rings. The van der Waals surface area contributed by atoms with Crippen LogP contribution in [0, 0.1) is 0 Å². The second-order valence-electron chi connectivity index (χ2n) is 9.33. The first kappa shape index (κ1) is 22.0. The molecule has 1 fully saturated rings. The molecule has 6 rings (SSSR count). The molecule has 8 heteroatoms. The lowest BCUT2D eigenvalue weighted by molar-refractivity contribution is 0.0757. The Morgan fingerprint density at radius 1 is 1.00 bits per heavy atom. The number of aromatic nitrogens is 3. The van der Waals surface area contributed by atoms with E-state index in [1.54, 1.807) is 11.3 Å². The third-order valence-corrected chi connectivity index (χ3v) is 8.32. The minimum absolute atomic E-state index is 0.00359. The predicted octanol–water partition coefficient (Wildman–Crippen LogP) is 4.00. The van der Waals surface area contributed by atoms with Crippen LogP contribution in [0.1, 0.15) is 45.3 Å². The van der Waals surface area contributed by atoms with Gasteiger partial charge in [-0.05, 0) is 66.1 Å². The summed E-state index contributed by atoms with van der Waals surface area (Å²) in [6.07, 6.45) is 5.02. The zero-order chi connectivity index (χ0) is 23.8. The van der Waals surface area contributed by atoms with Crippen molar-refractivity contribution < 1.29 is 4.79 Å². The number of carbonyl (C=O) groups is 1. The number of nitrogens with one attached hydrogen (secondary N) is 1. The van der Waals surface area contributed by atoms with Gasteiger partial charge in [0.15, 0.2) is 0 Å². The van der Waals surface area contributed by atoms with Crippen molar-refractivity contribution in [2.75, 3.05) is 31.1 Å². The molecule has 0 aliphatic carbocycles. The van der Waals surface area contributed by atoms with Crippen molar-refractivity contribution in [3.8, 4) is 0 Å². The number of carbonyl (C=O) groups excluding carboxylic acids is 1. The molecular formula is C27H27N5O2S. The van der Waals surface area contributed by atoms with Gasteiger partial charge in [0.1, 0.15) is 17.8 Å². The van der Waals surface area contributed by atoms with Gasteiger partial charge in [-0.15, -0.1) is 11.3 Å². The maximum atomic E-state index is 13.2. The Morgan fingerprint density at radius 3 is 2.71 bits per heavy atom. The number of benzene rings is 1. The molecule has 1 aromatic carbocycles. The molecule has 0 saturated carbocycles. The molecule has 0 bridgehead atoms. The number of thiophene rings is 1. The molecule has 0 atom stereocenters. The first-order valence-corrected chi connectivity index (χ1v) is 13.1. The number of hydrogen-bond donors (Lipinski definition) is 1. The Morgan fingerprint density at radius 2 is 1.83 bits per heavy atom. The summed E-state index contributed by atoms with van der Waals surface area (Å²) in [5.41, 5.74) is 3.55. The molecule has 1 N–H and O–H groups in total. The summed E-state index contributed by atoms with van der Waals surface area (Å²) in [7, 11) is 0. The van der Waals surface area contributed by atoms with Crippen LogP contribution >= 0.6 is 11.3 Å². The molecule has 5 heterocycles. The summed E-state index contributed by atoms with van der Waals surface area (Å²) in [6.45, 7) is 3.00. The minimum Gasteiger partial charge on any atom is -0.356 e. The van der Waals surface area contributed by atoms with Gasteiger partial charge in [-0.3, -0.25) is 9.59 Å². The lowest BCUT2D eigenvalue weighted by Gasteiger charge is -2.33. The summed E-state index contributed by atoms with van der Waals surface area (Å²) in [6, 6.07) is 13.9. The fraction of sp³-hybridized carbons (Fsp3) is 0.333. The van der Waals surface area contributed by atoms with E-state index in [1.807, 2.05) is 41.3 Å².